The third-order valence-corrected chi connectivity index (χ3v) is 2.71. The van der Waals surface area contributed by atoms with Crippen molar-refractivity contribution in [3.63, 3.8) is 0 Å². The minimum Gasteiger partial charge on any atom is -0.327 e. The molecule has 1 nitrogen and oxygen atoms in total. The molecular formula is C15H29N. The van der Waals surface area contributed by atoms with Crippen LogP contribution in [0.5, 0.6) is 0 Å². The molecule has 1 atom stereocenters. The first kappa shape index (κ1) is 15.4. The Morgan fingerprint density at radius 1 is 0.812 bits per heavy atom. The topological polar surface area (TPSA) is 26.0 Å². The lowest BCUT2D eigenvalue weighted by Crippen LogP contribution is -2.25. The van der Waals surface area contributed by atoms with Gasteiger partial charge >= 0.3 is 0 Å². The van der Waals surface area contributed by atoms with Gasteiger partial charge in [-0.3, -0.25) is 0 Å². The third-order valence-electron chi connectivity index (χ3n) is 2.71. The summed E-state index contributed by atoms with van der Waals surface area (Å²) in [5, 5.41) is 0. The molecule has 0 aliphatic carbocycles. The monoisotopic (exact) mass is 223 g/mol. The fourth-order valence-corrected chi connectivity index (χ4v) is 1.32. The van der Waals surface area contributed by atoms with E-state index < -0.39 is 0 Å². The molecule has 94 valence electrons. The van der Waals surface area contributed by atoms with Crippen LogP contribution in [0, 0.1) is 11.8 Å². The zero-order valence-electron chi connectivity index (χ0n) is 11.4. The van der Waals surface area contributed by atoms with Crippen LogP contribution in [-0.2, 0) is 0 Å². The largest absolute Gasteiger partial charge is 0.327 e. The van der Waals surface area contributed by atoms with E-state index in [1.807, 2.05) is 0 Å². The van der Waals surface area contributed by atoms with Crippen LogP contribution in [0.4, 0.5) is 0 Å². The van der Waals surface area contributed by atoms with Crippen LogP contribution < -0.4 is 5.73 Å². The van der Waals surface area contributed by atoms with Crippen LogP contribution in [0.2, 0.25) is 0 Å². The molecule has 0 amide bonds. The van der Waals surface area contributed by atoms with Crippen LogP contribution in [0.25, 0.3) is 0 Å². The van der Waals surface area contributed by atoms with Gasteiger partial charge in [0, 0.05) is 6.04 Å². The van der Waals surface area contributed by atoms with Crippen molar-refractivity contribution in [3.05, 3.63) is 24.3 Å². The van der Waals surface area contributed by atoms with Gasteiger partial charge < -0.3 is 5.73 Å². The molecule has 0 bridgehead atoms. The van der Waals surface area contributed by atoms with Gasteiger partial charge in [-0.15, -0.1) is 0 Å². The summed E-state index contributed by atoms with van der Waals surface area (Å²) >= 11 is 0. The summed E-state index contributed by atoms with van der Waals surface area (Å²) in [6.45, 7) is 8.84. The minimum atomic E-state index is 0.313. The summed E-state index contributed by atoms with van der Waals surface area (Å²) in [5.41, 5.74) is 5.95. The summed E-state index contributed by atoms with van der Waals surface area (Å²) < 4.78 is 0. The fourth-order valence-electron chi connectivity index (χ4n) is 1.32. The molecule has 0 aliphatic rings. The van der Waals surface area contributed by atoms with E-state index in [2.05, 4.69) is 52.0 Å². The van der Waals surface area contributed by atoms with E-state index in [9.17, 15) is 0 Å². The first-order valence-corrected chi connectivity index (χ1v) is 6.59. The maximum absolute atomic E-state index is 5.95. The predicted molar refractivity (Wildman–Crippen MR) is 74.4 cm³/mol. The van der Waals surface area contributed by atoms with Gasteiger partial charge in [0.15, 0.2) is 0 Å². The van der Waals surface area contributed by atoms with Crippen LogP contribution in [0.3, 0.4) is 0 Å². The Morgan fingerprint density at radius 2 is 1.31 bits per heavy atom. The van der Waals surface area contributed by atoms with Gasteiger partial charge in [0.05, 0.1) is 0 Å². The SMILES string of the molecule is CC(C)CC=CCCC=CCC(N)C(C)C. The minimum absolute atomic E-state index is 0.313. The predicted octanol–water partition coefficient (Wildman–Crippen LogP) is 4.30. The molecule has 16 heavy (non-hydrogen) atoms. The fraction of sp³-hybridized carbons (Fsp3) is 0.733. The van der Waals surface area contributed by atoms with Gasteiger partial charge in [-0.25, -0.2) is 0 Å². The van der Waals surface area contributed by atoms with E-state index in [4.69, 9.17) is 5.73 Å². The van der Waals surface area contributed by atoms with Crippen molar-refractivity contribution in [2.24, 2.45) is 17.6 Å². The van der Waals surface area contributed by atoms with E-state index in [1.54, 1.807) is 0 Å². The molecule has 0 aliphatic heterocycles. The first-order chi connectivity index (χ1) is 7.54. The normalized spacial score (nSPS) is 14.7. The average Bonchev–Trinajstić information content (AvgIpc) is 2.21. The van der Waals surface area contributed by atoms with Crippen LogP contribution in [-0.4, -0.2) is 6.04 Å². The summed E-state index contributed by atoms with van der Waals surface area (Å²) in [6, 6.07) is 0.313. The Morgan fingerprint density at radius 3 is 1.75 bits per heavy atom. The Bertz CT molecular complexity index is 201. The van der Waals surface area contributed by atoms with Crippen LogP contribution in [0.15, 0.2) is 24.3 Å². The average molecular weight is 223 g/mol. The third kappa shape index (κ3) is 9.97. The molecule has 0 aromatic rings. The first-order valence-electron chi connectivity index (χ1n) is 6.59. The van der Waals surface area contributed by atoms with Crippen molar-refractivity contribution in [2.75, 3.05) is 0 Å². The number of hydrogen-bond acceptors (Lipinski definition) is 1. The number of hydrogen-bond donors (Lipinski definition) is 1. The van der Waals surface area contributed by atoms with E-state index in [0.717, 1.165) is 25.2 Å². The molecular weight excluding hydrogens is 194 g/mol. The zero-order chi connectivity index (χ0) is 12.4. The molecule has 1 heteroatoms. The summed E-state index contributed by atoms with van der Waals surface area (Å²) in [4.78, 5) is 0. The van der Waals surface area contributed by atoms with Gasteiger partial charge in [-0.2, -0.15) is 0 Å². The maximum atomic E-state index is 5.95. The van der Waals surface area contributed by atoms with Gasteiger partial charge in [0.2, 0.25) is 0 Å². The Hall–Kier alpha value is -0.560. The standard InChI is InChI=1S/C15H29N/c1-13(2)11-9-7-5-6-8-10-12-15(16)14(3)4/h7-10,13-15H,5-6,11-12,16H2,1-4H3. The Labute approximate surface area is 102 Å². The molecule has 0 saturated heterocycles. The highest BCUT2D eigenvalue weighted by Crippen LogP contribution is 2.05. The number of rotatable bonds is 8. The van der Waals surface area contributed by atoms with Crippen molar-refractivity contribution in [2.45, 2.75) is 59.4 Å². The van der Waals surface area contributed by atoms with Gasteiger partial charge in [0.1, 0.15) is 0 Å². The Balaban J connectivity index is 3.44. The smallest absolute Gasteiger partial charge is 0.00966 e. The quantitative estimate of drug-likeness (QED) is 0.482. The molecule has 0 radical (unpaired) electrons. The van der Waals surface area contributed by atoms with E-state index in [0.29, 0.717) is 12.0 Å². The highest BCUT2D eigenvalue weighted by molar-refractivity contribution is 4.90. The molecule has 0 spiro atoms. The molecule has 0 rings (SSSR count). The number of unbranched alkanes of at least 4 members (excludes halogenated alkanes) is 1. The molecule has 2 N–H and O–H groups in total. The van der Waals surface area contributed by atoms with Crippen LogP contribution >= 0.6 is 0 Å². The van der Waals surface area contributed by atoms with Crippen molar-refractivity contribution in [1.29, 1.82) is 0 Å². The zero-order valence-corrected chi connectivity index (χ0v) is 11.4. The lowest BCUT2D eigenvalue weighted by Gasteiger charge is -2.12. The second kappa shape index (κ2) is 9.65. The van der Waals surface area contributed by atoms with Crippen molar-refractivity contribution in [3.8, 4) is 0 Å². The second-order valence-electron chi connectivity index (χ2n) is 5.29. The molecule has 0 saturated carbocycles. The lowest BCUT2D eigenvalue weighted by molar-refractivity contribution is 0.497. The lowest BCUT2D eigenvalue weighted by atomic mass is 10.0. The second-order valence-corrected chi connectivity index (χ2v) is 5.29. The highest BCUT2D eigenvalue weighted by Gasteiger charge is 2.03. The van der Waals surface area contributed by atoms with E-state index in [-0.39, 0.29) is 0 Å². The van der Waals surface area contributed by atoms with Crippen molar-refractivity contribution < 1.29 is 0 Å². The summed E-state index contributed by atoms with van der Waals surface area (Å²) in [6.07, 6.45) is 13.5. The maximum Gasteiger partial charge on any atom is 0.00966 e. The molecule has 0 aromatic heterocycles. The molecule has 0 fully saturated rings. The van der Waals surface area contributed by atoms with Crippen LogP contribution in [0.1, 0.15) is 53.4 Å². The summed E-state index contributed by atoms with van der Waals surface area (Å²) in [7, 11) is 0. The van der Waals surface area contributed by atoms with Crippen molar-refractivity contribution in [1.82, 2.24) is 0 Å². The number of allylic oxidation sites excluding steroid dienone is 3. The molecule has 1 unspecified atom stereocenters. The molecule has 0 heterocycles. The highest BCUT2D eigenvalue weighted by atomic mass is 14.6. The summed E-state index contributed by atoms with van der Waals surface area (Å²) in [5.74, 6) is 1.35. The van der Waals surface area contributed by atoms with Crippen molar-refractivity contribution >= 4 is 0 Å². The van der Waals surface area contributed by atoms with E-state index >= 15 is 0 Å². The number of nitrogens with two attached hydrogens (primary N) is 1. The van der Waals surface area contributed by atoms with Gasteiger partial charge in [-0.05, 0) is 37.5 Å². The van der Waals surface area contributed by atoms with E-state index in [1.165, 1.54) is 6.42 Å². The van der Waals surface area contributed by atoms with Gasteiger partial charge in [0.25, 0.3) is 0 Å². The molecule has 0 aromatic carbocycles. The Kier molecular flexibility index (Phi) is 9.31. The van der Waals surface area contributed by atoms with Gasteiger partial charge in [-0.1, -0.05) is 52.0 Å².